The zero-order valence-corrected chi connectivity index (χ0v) is 20.4. The number of aromatic amines is 1. The van der Waals surface area contributed by atoms with E-state index >= 15 is 0 Å². The van der Waals surface area contributed by atoms with Crippen LogP contribution in [0.15, 0.2) is 71.6 Å². The van der Waals surface area contributed by atoms with Gasteiger partial charge in [0.15, 0.2) is 0 Å². The van der Waals surface area contributed by atoms with E-state index in [1.165, 1.54) is 12.1 Å². The summed E-state index contributed by atoms with van der Waals surface area (Å²) < 4.78 is 27.8. The highest BCUT2D eigenvalue weighted by Crippen LogP contribution is 2.23. The van der Waals surface area contributed by atoms with Gasteiger partial charge in [-0.15, -0.1) is 0 Å². The highest BCUT2D eigenvalue weighted by atomic mass is 35.5. The summed E-state index contributed by atoms with van der Waals surface area (Å²) >= 11 is 5.90. The Labute approximate surface area is 211 Å². The number of carbonyl (C=O) groups is 2. The van der Waals surface area contributed by atoms with Crippen LogP contribution in [-0.2, 0) is 14.8 Å². The summed E-state index contributed by atoms with van der Waals surface area (Å²) in [5, 5.41) is 23.1. The van der Waals surface area contributed by atoms with E-state index in [9.17, 15) is 23.1 Å². The number of benzene rings is 3. The van der Waals surface area contributed by atoms with Crippen LogP contribution in [0.1, 0.15) is 23.2 Å². The average molecular weight is 528 g/mol. The van der Waals surface area contributed by atoms with Crippen molar-refractivity contribution >= 4 is 44.5 Å². The number of fused-ring (bicyclic) bond motifs is 1. The van der Waals surface area contributed by atoms with Crippen molar-refractivity contribution in [3.8, 4) is 11.1 Å². The Balaban J connectivity index is 1.33. The molecular weight excluding hydrogens is 506 g/mol. The molecule has 12 heteroatoms. The Kier molecular flexibility index (Phi) is 7.63. The third-order valence-corrected chi connectivity index (χ3v) is 7.21. The van der Waals surface area contributed by atoms with Gasteiger partial charge in [-0.25, -0.2) is 8.42 Å². The van der Waals surface area contributed by atoms with Gasteiger partial charge in [-0.1, -0.05) is 35.9 Å². The second kappa shape index (κ2) is 10.9. The van der Waals surface area contributed by atoms with E-state index in [-0.39, 0.29) is 30.2 Å². The largest absolute Gasteiger partial charge is 0.480 e. The van der Waals surface area contributed by atoms with Crippen LogP contribution >= 0.6 is 11.6 Å². The molecule has 4 aromatic rings. The van der Waals surface area contributed by atoms with E-state index in [1.54, 1.807) is 42.5 Å². The summed E-state index contributed by atoms with van der Waals surface area (Å²) in [6.07, 6.45) is 0.229. The van der Waals surface area contributed by atoms with E-state index < -0.39 is 22.0 Å². The third kappa shape index (κ3) is 6.06. The lowest BCUT2D eigenvalue weighted by atomic mass is 10.1. The SMILES string of the molecule is O=C(NCCCC(NS(=O)(=O)c1ccc(-c2ccc(Cl)cc2)cc1)C(=O)O)c1ccc2n[nH]nc2c1. The van der Waals surface area contributed by atoms with Crippen molar-refractivity contribution in [1.29, 1.82) is 0 Å². The van der Waals surface area contributed by atoms with Gasteiger partial charge < -0.3 is 10.4 Å². The molecule has 0 aliphatic carbocycles. The molecule has 10 nitrogen and oxygen atoms in total. The van der Waals surface area contributed by atoms with E-state index in [0.717, 1.165) is 11.1 Å². The van der Waals surface area contributed by atoms with Gasteiger partial charge in [0, 0.05) is 17.1 Å². The number of sulfonamides is 1. The molecule has 0 fully saturated rings. The van der Waals surface area contributed by atoms with Crippen molar-refractivity contribution in [2.75, 3.05) is 6.54 Å². The van der Waals surface area contributed by atoms with Crippen molar-refractivity contribution in [2.24, 2.45) is 0 Å². The van der Waals surface area contributed by atoms with Gasteiger partial charge >= 0.3 is 5.97 Å². The molecule has 0 radical (unpaired) electrons. The number of aliphatic carboxylic acids is 1. The summed E-state index contributed by atoms with van der Waals surface area (Å²) in [5.41, 5.74) is 3.21. The van der Waals surface area contributed by atoms with Gasteiger partial charge in [-0.2, -0.15) is 20.1 Å². The van der Waals surface area contributed by atoms with Crippen LogP contribution in [0.2, 0.25) is 5.02 Å². The van der Waals surface area contributed by atoms with Crippen LogP contribution < -0.4 is 10.0 Å². The number of nitrogens with one attached hydrogen (secondary N) is 3. The fraction of sp³-hybridized carbons (Fsp3) is 0.167. The van der Waals surface area contributed by atoms with E-state index in [1.807, 2.05) is 12.1 Å². The molecule has 0 saturated carbocycles. The fourth-order valence-electron chi connectivity index (χ4n) is 3.55. The third-order valence-electron chi connectivity index (χ3n) is 5.47. The maximum Gasteiger partial charge on any atom is 0.321 e. The maximum absolute atomic E-state index is 12.8. The standard InChI is InChI=1S/C24H22ClN5O5S/c25-18-8-3-15(4-9-18)16-5-10-19(11-6-16)36(34,35)29-21(24(32)33)2-1-13-26-23(31)17-7-12-20-22(14-17)28-30-27-20/h3-12,14,21,29H,1-2,13H2,(H,26,31)(H,32,33)(H,27,28,30). The number of carbonyl (C=O) groups excluding carboxylic acids is 1. The lowest BCUT2D eigenvalue weighted by molar-refractivity contribution is -0.139. The van der Waals surface area contributed by atoms with Gasteiger partial charge in [-0.05, 0) is 66.4 Å². The highest BCUT2D eigenvalue weighted by Gasteiger charge is 2.25. The van der Waals surface area contributed by atoms with Crippen molar-refractivity contribution in [3.63, 3.8) is 0 Å². The monoisotopic (exact) mass is 527 g/mol. The molecule has 0 saturated heterocycles. The van der Waals surface area contributed by atoms with Crippen molar-refractivity contribution in [1.82, 2.24) is 25.4 Å². The zero-order valence-electron chi connectivity index (χ0n) is 18.8. The summed E-state index contributed by atoms with van der Waals surface area (Å²) in [4.78, 5) is 24.0. The van der Waals surface area contributed by atoms with Crippen LogP contribution in [0.5, 0.6) is 0 Å². The number of hydrogen-bond donors (Lipinski definition) is 4. The molecule has 186 valence electrons. The van der Waals surface area contributed by atoms with Crippen LogP contribution in [0.3, 0.4) is 0 Å². The second-order valence-electron chi connectivity index (χ2n) is 7.97. The Morgan fingerprint density at radius 3 is 2.25 bits per heavy atom. The first kappa shape index (κ1) is 25.3. The molecular formula is C24H22ClN5O5S. The quantitative estimate of drug-likeness (QED) is 0.231. The Bertz CT molecular complexity index is 1490. The van der Waals surface area contributed by atoms with Crippen molar-refractivity contribution in [2.45, 2.75) is 23.8 Å². The normalized spacial score (nSPS) is 12.4. The minimum atomic E-state index is -4.08. The van der Waals surface area contributed by atoms with Crippen LogP contribution in [0.25, 0.3) is 22.2 Å². The summed E-state index contributed by atoms with van der Waals surface area (Å²) in [6, 6.07) is 16.7. The molecule has 1 aromatic heterocycles. The molecule has 4 N–H and O–H groups in total. The molecule has 1 heterocycles. The summed E-state index contributed by atoms with van der Waals surface area (Å²) in [6.45, 7) is 0.164. The summed E-state index contributed by atoms with van der Waals surface area (Å²) in [7, 11) is -4.08. The van der Waals surface area contributed by atoms with Gasteiger partial charge in [0.05, 0.1) is 4.90 Å². The number of carboxylic acid groups (broad SMARTS) is 1. The number of aromatic nitrogens is 3. The van der Waals surface area contributed by atoms with Crippen molar-refractivity contribution in [3.05, 3.63) is 77.3 Å². The molecule has 0 aliphatic rings. The first-order chi connectivity index (χ1) is 17.2. The number of hydrogen-bond acceptors (Lipinski definition) is 6. The molecule has 3 aromatic carbocycles. The number of halogens is 1. The molecule has 1 unspecified atom stereocenters. The molecule has 0 spiro atoms. The highest BCUT2D eigenvalue weighted by molar-refractivity contribution is 7.89. The van der Waals surface area contributed by atoms with Crippen molar-refractivity contribution < 1.29 is 23.1 Å². The van der Waals surface area contributed by atoms with E-state index in [0.29, 0.717) is 21.6 Å². The topological polar surface area (TPSA) is 154 Å². The molecule has 1 atom stereocenters. The minimum absolute atomic E-state index is 0.0139. The molecule has 0 aliphatic heterocycles. The maximum atomic E-state index is 12.8. The molecule has 0 bridgehead atoms. The fourth-order valence-corrected chi connectivity index (χ4v) is 4.90. The van der Waals surface area contributed by atoms with Crippen LogP contribution in [-0.4, -0.2) is 53.4 Å². The van der Waals surface area contributed by atoms with Gasteiger partial charge in [0.25, 0.3) is 5.91 Å². The average Bonchev–Trinajstić information content (AvgIpc) is 3.34. The number of carboxylic acids is 1. The first-order valence-corrected chi connectivity index (χ1v) is 12.8. The molecule has 4 rings (SSSR count). The number of rotatable bonds is 10. The Hall–Kier alpha value is -3.80. The van der Waals surface area contributed by atoms with Crippen LogP contribution in [0.4, 0.5) is 0 Å². The lowest BCUT2D eigenvalue weighted by Crippen LogP contribution is -2.41. The van der Waals surface area contributed by atoms with E-state index in [2.05, 4.69) is 25.4 Å². The minimum Gasteiger partial charge on any atom is -0.480 e. The Morgan fingerprint density at radius 1 is 0.944 bits per heavy atom. The second-order valence-corrected chi connectivity index (χ2v) is 10.1. The first-order valence-electron chi connectivity index (χ1n) is 10.9. The van der Waals surface area contributed by atoms with E-state index in [4.69, 9.17) is 11.6 Å². The Morgan fingerprint density at radius 2 is 1.58 bits per heavy atom. The number of amides is 1. The number of H-pyrrole nitrogens is 1. The summed E-state index contributed by atoms with van der Waals surface area (Å²) in [5.74, 6) is -1.66. The predicted octanol–water partition coefficient (Wildman–Crippen LogP) is 3.22. The smallest absolute Gasteiger partial charge is 0.321 e. The number of nitrogens with zero attached hydrogens (tertiary/aromatic N) is 2. The van der Waals surface area contributed by atoms with Gasteiger partial charge in [0.1, 0.15) is 17.1 Å². The molecule has 1 amide bonds. The van der Waals surface area contributed by atoms with Gasteiger partial charge in [0.2, 0.25) is 10.0 Å². The lowest BCUT2D eigenvalue weighted by Gasteiger charge is -2.15. The predicted molar refractivity (Wildman–Crippen MR) is 134 cm³/mol. The molecule has 36 heavy (non-hydrogen) atoms. The van der Waals surface area contributed by atoms with Gasteiger partial charge in [-0.3, -0.25) is 9.59 Å². The zero-order chi connectivity index (χ0) is 25.7. The van der Waals surface area contributed by atoms with Crippen LogP contribution in [0, 0.1) is 0 Å².